The van der Waals surface area contributed by atoms with Gasteiger partial charge < -0.3 is 21.1 Å². The fourth-order valence-corrected chi connectivity index (χ4v) is 2.58. The summed E-state index contributed by atoms with van der Waals surface area (Å²) in [4.78, 5) is 34.5. The fourth-order valence-electron chi connectivity index (χ4n) is 2.58. The molecule has 0 aliphatic rings. The number of rotatable bonds is 5. The van der Waals surface area contributed by atoms with Crippen molar-refractivity contribution in [1.29, 1.82) is 0 Å². The molecule has 0 aliphatic heterocycles. The van der Waals surface area contributed by atoms with Crippen LogP contribution >= 0.6 is 0 Å². The van der Waals surface area contributed by atoms with Gasteiger partial charge in [0.2, 0.25) is 0 Å². The minimum absolute atomic E-state index is 0.302. The summed E-state index contributed by atoms with van der Waals surface area (Å²) in [5, 5.41) is 18.3. The van der Waals surface area contributed by atoms with Gasteiger partial charge in [0.1, 0.15) is 6.54 Å². The molecule has 4 N–H and O–H groups in total. The van der Waals surface area contributed by atoms with E-state index in [1.807, 2.05) is 42.5 Å². The zero-order valence-corrected chi connectivity index (χ0v) is 14.2. The quantitative estimate of drug-likeness (QED) is 0.558. The highest BCUT2D eigenvalue weighted by atomic mass is 16.4. The predicted octanol–water partition coefficient (Wildman–Crippen LogP) is 3.30. The second kappa shape index (κ2) is 8.01. The number of carboxylic acids is 1. The van der Waals surface area contributed by atoms with Crippen LogP contribution in [0.15, 0.2) is 66.7 Å². The molecule has 0 unspecified atom stereocenters. The van der Waals surface area contributed by atoms with Crippen LogP contribution in [0.5, 0.6) is 0 Å². The Hall–Kier alpha value is -3.87. The summed E-state index contributed by atoms with van der Waals surface area (Å²) in [7, 11) is 0. The highest BCUT2D eigenvalue weighted by Crippen LogP contribution is 2.23. The molecule has 136 valence electrons. The molecule has 0 atom stereocenters. The van der Waals surface area contributed by atoms with Gasteiger partial charge >= 0.3 is 12.0 Å². The number of benzene rings is 3. The van der Waals surface area contributed by atoms with Crippen LogP contribution in [0.3, 0.4) is 0 Å². The van der Waals surface area contributed by atoms with Crippen LogP contribution in [0.2, 0.25) is 0 Å². The Morgan fingerprint density at radius 1 is 0.815 bits per heavy atom. The van der Waals surface area contributed by atoms with Crippen molar-refractivity contribution in [1.82, 2.24) is 5.32 Å². The first-order valence-corrected chi connectivity index (χ1v) is 8.19. The average molecular weight is 363 g/mol. The van der Waals surface area contributed by atoms with Gasteiger partial charge in [0, 0.05) is 16.6 Å². The third kappa shape index (κ3) is 4.60. The summed E-state index contributed by atoms with van der Waals surface area (Å²) in [5.41, 5.74) is 1.49. The van der Waals surface area contributed by atoms with Gasteiger partial charge in [-0.05, 0) is 35.7 Å². The maximum atomic E-state index is 12.3. The van der Waals surface area contributed by atoms with Crippen molar-refractivity contribution in [2.45, 2.75) is 0 Å². The summed E-state index contributed by atoms with van der Waals surface area (Å²) in [5.74, 6) is -1.61. The van der Waals surface area contributed by atoms with Crippen molar-refractivity contribution < 1.29 is 19.5 Å². The summed E-state index contributed by atoms with van der Waals surface area (Å²) in [6.45, 7) is -0.452. The minimum Gasteiger partial charge on any atom is -0.480 e. The zero-order chi connectivity index (χ0) is 19.2. The van der Waals surface area contributed by atoms with Crippen molar-refractivity contribution in [3.63, 3.8) is 0 Å². The van der Waals surface area contributed by atoms with Gasteiger partial charge in [-0.15, -0.1) is 0 Å². The normalized spacial score (nSPS) is 10.2. The van der Waals surface area contributed by atoms with Crippen molar-refractivity contribution in [2.24, 2.45) is 0 Å². The Labute approximate surface area is 155 Å². The third-order valence-electron chi connectivity index (χ3n) is 3.84. The molecule has 0 heterocycles. The van der Waals surface area contributed by atoms with Crippen LogP contribution in [-0.4, -0.2) is 29.6 Å². The molecule has 7 nitrogen and oxygen atoms in total. The Kier molecular flexibility index (Phi) is 5.32. The summed E-state index contributed by atoms with van der Waals surface area (Å²) in [6.07, 6.45) is 0. The van der Waals surface area contributed by atoms with Gasteiger partial charge in [-0.25, -0.2) is 4.79 Å². The Morgan fingerprint density at radius 2 is 1.52 bits per heavy atom. The molecule has 3 aromatic rings. The number of carboxylic acid groups (broad SMARTS) is 1. The number of hydrogen-bond acceptors (Lipinski definition) is 3. The number of hydrogen-bond donors (Lipinski definition) is 4. The topological polar surface area (TPSA) is 108 Å². The average Bonchev–Trinajstić information content (AvgIpc) is 2.67. The number of carbonyl (C=O) groups excluding carboxylic acids is 2. The van der Waals surface area contributed by atoms with E-state index in [1.165, 1.54) is 12.1 Å². The van der Waals surface area contributed by atoms with Crippen molar-refractivity contribution in [2.75, 3.05) is 17.2 Å². The van der Waals surface area contributed by atoms with Crippen LogP contribution < -0.4 is 16.0 Å². The van der Waals surface area contributed by atoms with Gasteiger partial charge in [0.05, 0.1) is 5.69 Å². The summed E-state index contributed by atoms with van der Waals surface area (Å²) < 4.78 is 0. The SMILES string of the molecule is O=C(O)CNC(=O)c1ccc(NC(=O)Nc2cccc3ccccc23)cc1. The van der Waals surface area contributed by atoms with Gasteiger partial charge in [-0.1, -0.05) is 36.4 Å². The van der Waals surface area contributed by atoms with E-state index in [1.54, 1.807) is 12.1 Å². The van der Waals surface area contributed by atoms with Gasteiger partial charge in [-0.2, -0.15) is 0 Å². The van der Waals surface area contributed by atoms with E-state index >= 15 is 0 Å². The summed E-state index contributed by atoms with van der Waals surface area (Å²) >= 11 is 0. The first kappa shape index (κ1) is 17.9. The van der Waals surface area contributed by atoms with Crippen LogP contribution in [0.25, 0.3) is 10.8 Å². The number of carbonyl (C=O) groups is 3. The molecule has 3 amide bonds. The number of fused-ring (bicyclic) bond motifs is 1. The maximum absolute atomic E-state index is 12.3. The first-order chi connectivity index (χ1) is 13.0. The van der Waals surface area contributed by atoms with Crippen molar-refractivity contribution >= 4 is 40.1 Å². The molecule has 0 saturated heterocycles. The fraction of sp³-hybridized carbons (Fsp3) is 0.0500. The molecule has 0 bridgehead atoms. The molecule has 7 heteroatoms. The lowest BCUT2D eigenvalue weighted by Gasteiger charge is -2.10. The Morgan fingerprint density at radius 3 is 2.26 bits per heavy atom. The first-order valence-electron chi connectivity index (χ1n) is 8.19. The number of nitrogens with one attached hydrogen (secondary N) is 3. The second-order valence-corrected chi connectivity index (χ2v) is 5.76. The molecule has 0 aromatic heterocycles. The summed E-state index contributed by atoms with van der Waals surface area (Å²) in [6, 6.07) is 19.1. The lowest BCUT2D eigenvalue weighted by atomic mass is 10.1. The van der Waals surface area contributed by atoms with Crippen molar-refractivity contribution in [3.05, 3.63) is 72.3 Å². The minimum atomic E-state index is -1.12. The van der Waals surface area contributed by atoms with Gasteiger partial charge in [0.15, 0.2) is 0 Å². The third-order valence-corrected chi connectivity index (χ3v) is 3.84. The number of urea groups is 1. The smallest absolute Gasteiger partial charge is 0.323 e. The molecule has 0 aliphatic carbocycles. The molecule has 3 rings (SSSR count). The lowest BCUT2D eigenvalue weighted by molar-refractivity contribution is -0.135. The largest absolute Gasteiger partial charge is 0.480 e. The molecule has 0 saturated carbocycles. The van der Waals surface area contributed by atoms with Crippen LogP contribution in [0.1, 0.15) is 10.4 Å². The Balaban J connectivity index is 1.64. The zero-order valence-electron chi connectivity index (χ0n) is 14.2. The predicted molar refractivity (Wildman–Crippen MR) is 103 cm³/mol. The number of aliphatic carboxylic acids is 1. The van der Waals surface area contributed by atoms with Gasteiger partial charge in [0.25, 0.3) is 5.91 Å². The monoisotopic (exact) mass is 363 g/mol. The highest BCUT2D eigenvalue weighted by molar-refractivity contribution is 6.06. The highest BCUT2D eigenvalue weighted by Gasteiger charge is 2.09. The van der Waals surface area contributed by atoms with E-state index in [9.17, 15) is 14.4 Å². The maximum Gasteiger partial charge on any atom is 0.323 e. The molecule has 0 radical (unpaired) electrons. The molecular weight excluding hydrogens is 346 g/mol. The Bertz CT molecular complexity index is 994. The second-order valence-electron chi connectivity index (χ2n) is 5.76. The standard InChI is InChI=1S/C20H17N3O4/c24-18(25)12-21-19(26)14-8-10-15(11-9-14)22-20(27)23-17-7-3-5-13-4-1-2-6-16(13)17/h1-11H,12H2,(H,21,26)(H,24,25)(H2,22,23,27). The molecule has 27 heavy (non-hydrogen) atoms. The van der Waals surface area contributed by atoms with Crippen LogP contribution in [0.4, 0.5) is 16.2 Å². The van der Waals surface area contributed by atoms with E-state index in [0.717, 1.165) is 10.8 Å². The molecule has 3 aromatic carbocycles. The van der Waals surface area contributed by atoms with E-state index < -0.39 is 24.5 Å². The lowest BCUT2D eigenvalue weighted by Crippen LogP contribution is -2.29. The van der Waals surface area contributed by atoms with E-state index in [0.29, 0.717) is 16.9 Å². The number of anilines is 2. The van der Waals surface area contributed by atoms with E-state index in [2.05, 4.69) is 16.0 Å². The van der Waals surface area contributed by atoms with E-state index in [4.69, 9.17) is 5.11 Å². The van der Waals surface area contributed by atoms with Crippen molar-refractivity contribution in [3.8, 4) is 0 Å². The molecular formula is C20H17N3O4. The molecule has 0 fully saturated rings. The number of amides is 3. The van der Waals surface area contributed by atoms with E-state index in [-0.39, 0.29) is 0 Å². The molecule has 0 spiro atoms. The van der Waals surface area contributed by atoms with Crippen LogP contribution in [0, 0.1) is 0 Å². The van der Waals surface area contributed by atoms with Gasteiger partial charge in [-0.3, -0.25) is 9.59 Å². The van der Waals surface area contributed by atoms with Crippen LogP contribution in [-0.2, 0) is 4.79 Å².